The second-order valence-electron chi connectivity index (χ2n) is 12.1. The average molecular weight is 571 g/mol. The normalized spacial score (nSPS) is 30.3. The summed E-state index contributed by atoms with van der Waals surface area (Å²) in [6, 6.07) is 3.92. The molecule has 0 saturated carbocycles. The fourth-order valence-corrected chi connectivity index (χ4v) is 7.73. The number of halogens is 4. The molecular weight excluding hydrogens is 540 g/mol. The third kappa shape index (κ3) is 3.79. The molecule has 4 saturated heterocycles. The topological polar surface area (TPSA) is 88.8 Å². The van der Waals surface area contributed by atoms with E-state index in [2.05, 4.69) is 20.1 Å². The number of nitrogens with zero attached hydrogens (tertiary/aromatic N) is 4. The van der Waals surface area contributed by atoms with E-state index in [1.165, 1.54) is 6.07 Å². The number of anilines is 2. The van der Waals surface area contributed by atoms with Crippen LogP contribution in [0.5, 0.6) is 11.8 Å². The number of ether oxygens (including phenoxy) is 2. The van der Waals surface area contributed by atoms with Gasteiger partial charge in [0.25, 0.3) is 0 Å². The lowest BCUT2D eigenvalue weighted by atomic mass is 9.95. The quantitative estimate of drug-likeness (QED) is 0.360. The third-order valence-corrected chi connectivity index (χ3v) is 9.72. The molecule has 2 bridgehead atoms. The van der Waals surface area contributed by atoms with Crippen molar-refractivity contribution < 1.29 is 27.0 Å². The highest BCUT2D eigenvalue weighted by atomic mass is 19.1. The van der Waals surface area contributed by atoms with Crippen molar-refractivity contribution in [3.63, 3.8) is 0 Å². The fourth-order valence-electron chi connectivity index (χ4n) is 7.73. The Morgan fingerprint density at radius 2 is 2.00 bits per heavy atom. The molecule has 2 aromatic carbocycles. The summed E-state index contributed by atoms with van der Waals surface area (Å²) in [6.45, 7) is 2.33. The van der Waals surface area contributed by atoms with Crippen molar-refractivity contribution in [3.05, 3.63) is 35.7 Å². The van der Waals surface area contributed by atoms with Crippen LogP contribution in [0.25, 0.3) is 22.0 Å². The van der Waals surface area contributed by atoms with Gasteiger partial charge in [-0.15, -0.1) is 0 Å². The number of hydrogen-bond donors (Lipinski definition) is 2. The highest BCUT2D eigenvalue weighted by Gasteiger charge is 2.50. The Hall–Kier alpha value is -3.38. The van der Waals surface area contributed by atoms with Crippen LogP contribution in [0.4, 0.5) is 29.1 Å². The average Bonchev–Trinajstić information content (AvgIpc) is 3.59. The minimum absolute atomic E-state index is 0.0244. The molecule has 0 unspecified atom stereocenters. The van der Waals surface area contributed by atoms with Crippen molar-refractivity contribution in [1.82, 2.24) is 20.2 Å². The predicted molar refractivity (Wildman–Crippen MR) is 144 cm³/mol. The number of benzene rings is 2. The molecule has 0 amide bonds. The van der Waals surface area contributed by atoms with Crippen LogP contribution in [0.3, 0.4) is 0 Å². The summed E-state index contributed by atoms with van der Waals surface area (Å²) in [5.41, 5.74) is 4.05. The summed E-state index contributed by atoms with van der Waals surface area (Å²) >= 11 is 0. The first-order valence-electron chi connectivity index (χ1n) is 14.3. The van der Waals surface area contributed by atoms with E-state index in [1.807, 2.05) is 0 Å². The molecule has 0 spiro atoms. The van der Waals surface area contributed by atoms with Gasteiger partial charge in [-0.3, -0.25) is 4.90 Å². The Labute approximate surface area is 233 Å². The van der Waals surface area contributed by atoms with Crippen LogP contribution in [0.1, 0.15) is 32.1 Å². The number of rotatable bonds is 4. The smallest absolute Gasteiger partial charge is 0.319 e. The molecular formula is C29H30F4N6O2. The molecule has 12 heteroatoms. The van der Waals surface area contributed by atoms with Crippen LogP contribution in [0.2, 0.25) is 0 Å². The Kier molecular flexibility index (Phi) is 5.60. The van der Waals surface area contributed by atoms with Crippen LogP contribution in [0, 0.1) is 17.5 Å². The Morgan fingerprint density at radius 3 is 2.88 bits per heavy atom. The summed E-state index contributed by atoms with van der Waals surface area (Å²) in [6.07, 6.45) is 3.21. The van der Waals surface area contributed by atoms with Gasteiger partial charge in [0.05, 0.1) is 17.0 Å². The van der Waals surface area contributed by atoms with Crippen LogP contribution in [-0.2, 0) is 0 Å². The molecule has 0 aliphatic carbocycles. The molecule has 3 N–H and O–H groups in total. The number of piperazine rings is 1. The zero-order valence-corrected chi connectivity index (χ0v) is 22.3. The van der Waals surface area contributed by atoms with Gasteiger partial charge in [0, 0.05) is 42.7 Å². The van der Waals surface area contributed by atoms with Gasteiger partial charge < -0.3 is 25.4 Å². The molecule has 5 aliphatic heterocycles. The maximum atomic E-state index is 16.4. The lowest BCUT2D eigenvalue weighted by Crippen LogP contribution is -2.60. The van der Waals surface area contributed by atoms with Gasteiger partial charge in [-0.25, -0.2) is 17.6 Å². The zero-order chi connectivity index (χ0) is 28.0. The van der Waals surface area contributed by atoms with E-state index in [9.17, 15) is 8.78 Å². The Morgan fingerprint density at radius 1 is 1.12 bits per heavy atom. The molecule has 5 aliphatic rings. The van der Waals surface area contributed by atoms with E-state index in [0.29, 0.717) is 43.1 Å². The minimum atomic E-state index is -1.06. The van der Waals surface area contributed by atoms with E-state index in [-0.39, 0.29) is 47.4 Å². The van der Waals surface area contributed by atoms with Crippen LogP contribution >= 0.6 is 0 Å². The highest BCUT2D eigenvalue weighted by Crippen LogP contribution is 2.46. The van der Waals surface area contributed by atoms with E-state index < -0.39 is 34.8 Å². The van der Waals surface area contributed by atoms with Crippen LogP contribution in [0.15, 0.2) is 18.2 Å². The molecule has 3 aromatic rings. The van der Waals surface area contributed by atoms with Gasteiger partial charge in [0.1, 0.15) is 48.0 Å². The molecule has 0 radical (unpaired) electrons. The number of aromatic nitrogens is 2. The van der Waals surface area contributed by atoms with Gasteiger partial charge >= 0.3 is 6.01 Å². The van der Waals surface area contributed by atoms with E-state index in [0.717, 1.165) is 44.4 Å². The Bertz CT molecular complexity index is 1570. The first-order chi connectivity index (χ1) is 19.8. The van der Waals surface area contributed by atoms with E-state index >= 15 is 8.78 Å². The number of nitrogen functional groups attached to an aromatic ring is 1. The molecule has 8 rings (SSSR count). The van der Waals surface area contributed by atoms with E-state index in [1.54, 1.807) is 0 Å². The van der Waals surface area contributed by atoms with Crippen molar-refractivity contribution in [2.75, 3.05) is 43.5 Å². The highest BCUT2D eigenvalue weighted by molar-refractivity contribution is 5.99. The second-order valence-corrected chi connectivity index (χ2v) is 12.1. The predicted octanol–water partition coefficient (Wildman–Crippen LogP) is 3.95. The number of hydrogen-bond acceptors (Lipinski definition) is 8. The van der Waals surface area contributed by atoms with E-state index in [4.69, 9.17) is 20.2 Å². The molecule has 5 atom stereocenters. The monoisotopic (exact) mass is 570 g/mol. The molecule has 4 fully saturated rings. The molecule has 8 nitrogen and oxygen atoms in total. The van der Waals surface area contributed by atoms with Crippen molar-refractivity contribution in [2.24, 2.45) is 0 Å². The third-order valence-electron chi connectivity index (χ3n) is 9.72. The molecule has 41 heavy (non-hydrogen) atoms. The van der Waals surface area contributed by atoms with Gasteiger partial charge in [-0.1, -0.05) is 0 Å². The van der Waals surface area contributed by atoms with Crippen molar-refractivity contribution >= 4 is 22.4 Å². The number of nitrogens with two attached hydrogens (primary N) is 1. The maximum Gasteiger partial charge on any atom is 0.319 e. The summed E-state index contributed by atoms with van der Waals surface area (Å²) in [7, 11) is 0. The first kappa shape index (κ1) is 25.3. The summed E-state index contributed by atoms with van der Waals surface area (Å²) in [5.74, 6) is -1.99. The molecule has 6 heterocycles. The largest absolute Gasteiger partial charge is 0.491 e. The Balaban J connectivity index is 1.28. The number of nitrogens with one attached hydrogen (secondary N) is 1. The molecule has 216 valence electrons. The number of fused-ring (bicyclic) bond motifs is 6. The zero-order valence-electron chi connectivity index (χ0n) is 22.3. The van der Waals surface area contributed by atoms with Gasteiger partial charge in [-0.05, 0) is 50.4 Å². The molecule has 1 aromatic heterocycles. The van der Waals surface area contributed by atoms with Gasteiger partial charge in [-0.2, -0.15) is 9.97 Å². The SMILES string of the molecule is Nc1c(F)ccc(-c2cc3c4c(nc(OC[C@@]56CCCN5C[C@H](F)C6)nc4c2F)N2C[C@@H]4CC[C@@H](N4)[C@H]2CO3)c1F. The number of alkyl halides is 1. The lowest BCUT2D eigenvalue weighted by molar-refractivity contribution is 0.107. The van der Waals surface area contributed by atoms with Crippen molar-refractivity contribution in [2.45, 2.75) is 61.9 Å². The summed E-state index contributed by atoms with van der Waals surface area (Å²) in [5, 5.41) is 4.02. The minimum Gasteiger partial charge on any atom is -0.491 e. The van der Waals surface area contributed by atoms with Crippen LogP contribution < -0.4 is 25.4 Å². The first-order valence-corrected chi connectivity index (χ1v) is 14.3. The van der Waals surface area contributed by atoms with Crippen LogP contribution in [-0.4, -0.2) is 77.6 Å². The summed E-state index contributed by atoms with van der Waals surface area (Å²) < 4.78 is 72.3. The van der Waals surface area contributed by atoms with Gasteiger partial charge in [0.15, 0.2) is 11.6 Å². The van der Waals surface area contributed by atoms with Gasteiger partial charge in [0.2, 0.25) is 0 Å². The maximum absolute atomic E-state index is 16.4. The second kappa shape index (κ2) is 9.06. The van der Waals surface area contributed by atoms with Crippen molar-refractivity contribution in [3.8, 4) is 22.9 Å². The lowest BCUT2D eigenvalue weighted by Gasteiger charge is -2.40. The standard InChI is InChI=1S/C29H30F4N6O2/c30-14-9-29(6-1-7-38(29)10-14)13-41-28-36-26-22-21(8-17(24(26)33)16-3-4-18(31)25(34)23(16)32)40-12-20-19-5-2-15(35-19)11-39(20)27(22)37-28/h3-4,8,14-15,19-20,35H,1-2,5-7,9-13,34H2/t14-,15+,19-,20-,29+/m1/s1. The van der Waals surface area contributed by atoms with Crippen molar-refractivity contribution in [1.29, 1.82) is 0 Å². The summed E-state index contributed by atoms with van der Waals surface area (Å²) in [4.78, 5) is 13.6. The fraction of sp³-hybridized carbons (Fsp3) is 0.517.